The molecule has 4 rings (SSSR count). The van der Waals surface area contributed by atoms with Gasteiger partial charge in [-0.3, -0.25) is 4.79 Å². The van der Waals surface area contributed by atoms with Gasteiger partial charge in [0.2, 0.25) is 5.91 Å². The number of benzene rings is 2. The van der Waals surface area contributed by atoms with Crippen molar-refractivity contribution in [3.8, 4) is 0 Å². The lowest BCUT2D eigenvalue weighted by atomic mass is 9.64. The Labute approximate surface area is 131 Å². The molecular formula is C20H21NO. The van der Waals surface area contributed by atoms with Gasteiger partial charge in [-0.2, -0.15) is 0 Å². The largest absolute Gasteiger partial charge is 0.352 e. The molecule has 0 heterocycles. The molecule has 0 spiro atoms. The number of hydrogen-bond donors (Lipinski definition) is 1. The topological polar surface area (TPSA) is 29.1 Å². The minimum Gasteiger partial charge on any atom is -0.352 e. The van der Waals surface area contributed by atoms with Gasteiger partial charge in [0.05, 0.1) is 5.41 Å². The molecule has 0 aromatic heterocycles. The molecule has 22 heavy (non-hydrogen) atoms. The van der Waals surface area contributed by atoms with Gasteiger partial charge in [-0.15, -0.1) is 0 Å². The summed E-state index contributed by atoms with van der Waals surface area (Å²) >= 11 is 0. The Morgan fingerprint density at radius 3 is 2.18 bits per heavy atom. The fraction of sp³-hybridized carbons (Fsp3) is 0.350. The number of carbonyl (C=O) groups is 1. The highest BCUT2D eigenvalue weighted by atomic mass is 16.2. The van der Waals surface area contributed by atoms with Crippen molar-refractivity contribution in [2.24, 2.45) is 0 Å². The molecule has 0 saturated heterocycles. The minimum atomic E-state index is -0.273. The van der Waals surface area contributed by atoms with Crippen LogP contribution in [0.15, 0.2) is 60.7 Å². The van der Waals surface area contributed by atoms with Crippen LogP contribution in [-0.2, 0) is 10.2 Å². The summed E-state index contributed by atoms with van der Waals surface area (Å²) in [4.78, 5) is 12.9. The van der Waals surface area contributed by atoms with Crippen LogP contribution in [0.3, 0.4) is 0 Å². The van der Waals surface area contributed by atoms with Crippen LogP contribution >= 0.6 is 0 Å². The molecule has 2 aliphatic carbocycles. The van der Waals surface area contributed by atoms with E-state index in [1.807, 2.05) is 24.3 Å². The molecule has 2 aliphatic rings. The Bertz CT molecular complexity index is 661. The van der Waals surface area contributed by atoms with E-state index in [9.17, 15) is 4.79 Å². The van der Waals surface area contributed by atoms with E-state index in [2.05, 4.69) is 41.7 Å². The monoisotopic (exact) mass is 291 g/mol. The van der Waals surface area contributed by atoms with Crippen molar-refractivity contribution in [3.63, 3.8) is 0 Å². The van der Waals surface area contributed by atoms with Crippen LogP contribution in [0.25, 0.3) is 0 Å². The van der Waals surface area contributed by atoms with Crippen LogP contribution in [0.1, 0.15) is 42.7 Å². The van der Waals surface area contributed by atoms with E-state index in [4.69, 9.17) is 0 Å². The molecule has 2 atom stereocenters. The van der Waals surface area contributed by atoms with Crippen molar-refractivity contribution in [3.05, 3.63) is 71.8 Å². The molecule has 112 valence electrons. The molecule has 2 heteroatoms. The summed E-state index contributed by atoms with van der Waals surface area (Å²) in [5.74, 6) is 0.728. The molecule has 1 N–H and O–H groups in total. The molecule has 2 aromatic rings. The summed E-state index contributed by atoms with van der Waals surface area (Å²) in [5.41, 5.74) is 2.25. The molecule has 1 amide bonds. The Hall–Kier alpha value is -2.09. The maximum Gasteiger partial charge on any atom is 0.230 e. The third kappa shape index (κ3) is 2.23. The highest BCUT2D eigenvalue weighted by Crippen LogP contribution is 2.46. The SMILES string of the molecule is O=C(NC1CC1c1ccccc1)C1(c2ccccc2)CCC1. The van der Waals surface area contributed by atoms with Crippen molar-refractivity contribution in [2.75, 3.05) is 0 Å². The van der Waals surface area contributed by atoms with E-state index in [0.717, 1.165) is 25.7 Å². The average molecular weight is 291 g/mol. The first-order chi connectivity index (χ1) is 10.8. The first-order valence-corrected chi connectivity index (χ1v) is 8.21. The molecule has 2 aromatic carbocycles. The van der Waals surface area contributed by atoms with Crippen molar-refractivity contribution in [2.45, 2.75) is 43.1 Å². The Balaban J connectivity index is 1.47. The molecule has 2 unspecified atom stereocenters. The second-order valence-corrected chi connectivity index (χ2v) is 6.63. The number of carbonyl (C=O) groups excluding carboxylic acids is 1. The fourth-order valence-corrected chi connectivity index (χ4v) is 3.66. The van der Waals surface area contributed by atoms with E-state index in [1.54, 1.807) is 0 Å². The zero-order chi connectivity index (χ0) is 15.0. The second kappa shape index (κ2) is 5.28. The summed E-state index contributed by atoms with van der Waals surface area (Å²) in [7, 11) is 0. The van der Waals surface area contributed by atoms with Crippen LogP contribution in [0.2, 0.25) is 0 Å². The van der Waals surface area contributed by atoms with Gasteiger partial charge in [-0.1, -0.05) is 67.1 Å². The van der Waals surface area contributed by atoms with Crippen LogP contribution in [0, 0.1) is 0 Å². The highest BCUT2D eigenvalue weighted by Gasteiger charge is 2.48. The first kappa shape index (κ1) is 13.6. The van der Waals surface area contributed by atoms with Crippen LogP contribution in [-0.4, -0.2) is 11.9 Å². The predicted molar refractivity (Wildman–Crippen MR) is 87.7 cm³/mol. The van der Waals surface area contributed by atoms with Crippen LogP contribution in [0.4, 0.5) is 0 Å². The lowest BCUT2D eigenvalue weighted by Crippen LogP contribution is -2.50. The fourth-order valence-electron chi connectivity index (χ4n) is 3.66. The van der Waals surface area contributed by atoms with E-state index in [1.165, 1.54) is 11.1 Å². The predicted octanol–water partition coefficient (Wildman–Crippen LogP) is 3.78. The third-order valence-corrected chi connectivity index (χ3v) is 5.30. The standard InChI is InChI=1S/C20H21NO/c22-19(20(12-7-13-20)16-10-5-2-6-11-16)21-18-14-17(18)15-8-3-1-4-9-15/h1-6,8-11,17-18H,7,12-14H2,(H,21,22). The minimum absolute atomic E-state index is 0.230. The third-order valence-electron chi connectivity index (χ3n) is 5.30. The lowest BCUT2D eigenvalue weighted by Gasteiger charge is -2.40. The molecule has 2 nitrogen and oxygen atoms in total. The first-order valence-electron chi connectivity index (χ1n) is 8.21. The lowest BCUT2D eigenvalue weighted by molar-refractivity contribution is -0.130. The number of rotatable bonds is 4. The summed E-state index contributed by atoms with van der Waals surface area (Å²) in [6.07, 6.45) is 4.17. The van der Waals surface area contributed by atoms with Gasteiger partial charge < -0.3 is 5.32 Å². The summed E-state index contributed by atoms with van der Waals surface area (Å²) in [6.45, 7) is 0. The van der Waals surface area contributed by atoms with Gasteiger partial charge in [0.15, 0.2) is 0 Å². The molecular weight excluding hydrogens is 270 g/mol. The molecule has 2 fully saturated rings. The van der Waals surface area contributed by atoms with E-state index in [-0.39, 0.29) is 11.3 Å². The van der Waals surface area contributed by atoms with E-state index < -0.39 is 0 Å². The van der Waals surface area contributed by atoms with Gasteiger partial charge in [-0.05, 0) is 30.4 Å². The molecule has 0 bridgehead atoms. The van der Waals surface area contributed by atoms with Gasteiger partial charge >= 0.3 is 0 Å². The zero-order valence-electron chi connectivity index (χ0n) is 12.7. The maximum atomic E-state index is 12.9. The average Bonchev–Trinajstić information content (AvgIpc) is 3.27. The highest BCUT2D eigenvalue weighted by molar-refractivity contribution is 5.89. The Morgan fingerprint density at radius 2 is 1.59 bits per heavy atom. The van der Waals surface area contributed by atoms with Crippen LogP contribution in [0.5, 0.6) is 0 Å². The van der Waals surface area contributed by atoms with E-state index >= 15 is 0 Å². The maximum absolute atomic E-state index is 12.9. The number of hydrogen-bond acceptors (Lipinski definition) is 1. The zero-order valence-corrected chi connectivity index (χ0v) is 12.7. The molecule has 0 radical (unpaired) electrons. The van der Waals surface area contributed by atoms with Crippen LogP contribution < -0.4 is 5.32 Å². The summed E-state index contributed by atoms with van der Waals surface area (Å²) in [5, 5.41) is 3.30. The van der Waals surface area contributed by atoms with Crippen molar-refractivity contribution in [1.29, 1.82) is 0 Å². The van der Waals surface area contributed by atoms with Crippen molar-refractivity contribution >= 4 is 5.91 Å². The number of amides is 1. The smallest absolute Gasteiger partial charge is 0.230 e. The van der Waals surface area contributed by atoms with Gasteiger partial charge in [0.1, 0.15) is 0 Å². The van der Waals surface area contributed by atoms with Crippen molar-refractivity contribution in [1.82, 2.24) is 5.32 Å². The molecule has 0 aliphatic heterocycles. The Morgan fingerprint density at radius 1 is 0.955 bits per heavy atom. The normalized spacial score (nSPS) is 25.1. The Kier molecular flexibility index (Phi) is 3.25. The van der Waals surface area contributed by atoms with Gasteiger partial charge in [-0.25, -0.2) is 0 Å². The van der Waals surface area contributed by atoms with Gasteiger partial charge in [0, 0.05) is 12.0 Å². The quantitative estimate of drug-likeness (QED) is 0.912. The van der Waals surface area contributed by atoms with Crippen molar-refractivity contribution < 1.29 is 4.79 Å². The van der Waals surface area contributed by atoms with E-state index in [0.29, 0.717) is 12.0 Å². The van der Waals surface area contributed by atoms with Gasteiger partial charge in [0.25, 0.3) is 0 Å². The summed E-state index contributed by atoms with van der Waals surface area (Å²) in [6, 6.07) is 21.1. The second-order valence-electron chi connectivity index (χ2n) is 6.63. The number of nitrogens with one attached hydrogen (secondary N) is 1. The summed E-state index contributed by atoms with van der Waals surface area (Å²) < 4.78 is 0. The molecule has 2 saturated carbocycles.